The van der Waals surface area contributed by atoms with E-state index in [1.165, 1.54) is 5.56 Å². The molecule has 152 valence electrons. The number of alkyl halides is 2. The van der Waals surface area contributed by atoms with Crippen LogP contribution in [0.4, 0.5) is 14.5 Å². The van der Waals surface area contributed by atoms with Crippen molar-refractivity contribution in [3.05, 3.63) is 60.2 Å². The number of ether oxygens (including phenoxy) is 1. The lowest BCUT2D eigenvalue weighted by molar-refractivity contribution is -0.0495. The number of benzene rings is 2. The lowest BCUT2D eigenvalue weighted by Crippen LogP contribution is -2.44. The topological polar surface area (TPSA) is 48.9 Å². The van der Waals surface area contributed by atoms with Crippen LogP contribution in [0.15, 0.2) is 59.6 Å². The maximum absolute atomic E-state index is 12.6. The minimum atomic E-state index is -2.83. The monoisotopic (exact) mass is 502 g/mol. The summed E-state index contributed by atoms with van der Waals surface area (Å²) in [6, 6.07) is 17.2. The average Bonchev–Trinajstić information content (AvgIpc) is 3.14. The van der Waals surface area contributed by atoms with Gasteiger partial charge in [0, 0.05) is 32.7 Å². The van der Waals surface area contributed by atoms with E-state index in [9.17, 15) is 8.78 Å². The Balaban J connectivity index is 0.00000280. The average molecular weight is 502 g/mol. The summed E-state index contributed by atoms with van der Waals surface area (Å²) >= 11 is 0. The molecule has 2 aromatic rings. The molecule has 1 heterocycles. The first-order valence-corrected chi connectivity index (χ1v) is 8.95. The summed E-state index contributed by atoms with van der Waals surface area (Å²) in [6.07, 6.45) is 0.884. The number of halogens is 3. The van der Waals surface area contributed by atoms with E-state index in [0.717, 1.165) is 18.9 Å². The summed E-state index contributed by atoms with van der Waals surface area (Å²) < 4.78 is 29.9. The van der Waals surface area contributed by atoms with Crippen molar-refractivity contribution in [2.45, 2.75) is 25.6 Å². The molecule has 1 saturated heterocycles. The van der Waals surface area contributed by atoms with Crippen molar-refractivity contribution in [3.63, 3.8) is 0 Å². The number of rotatable bonds is 6. The number of hydrogen-bond acceptors (Lipinski definition) is 3. The highest BCUT2D eigenvalue weighted by Gasteiger charge is 2.25. The van der Waals surface area contributed by atoms with Gasteiger partial charge in [0.25, 0.3) is 0 Å². The fourth-order valence-corrected chi connectivity index (χ4v) is 3.18. The Bertz CT molecular complexity index is 761. The number of hydrogen-bond donors (Lipinski definition) is 2. The maximum atomic E-state index is 12.6. The van der Waals surface area contributed by atoms with Crippen LogP contribution in [0.1, 0.15) is 12.0 Å². The molecule has 0 bridgehead atoms. The zero-order valence-corrected chi connectivity index (χ0v) is 18.0. The Kier molecular flexibility index (Phi) is 8.75. The molecule has 3 rings (SSSR count). The predicted molar refractivity (Wildman–Crippen MR) is 119 cm³/mol. The number of para-hydroxylation sites is 2. The second-order valence-electron chi connectivity index (χ2n) is 6.33. The van der Waals surface area contributed by atoms with Crippen LogP contribution in [-0.4, -0.2) is 38.8 Å². The van der Waals surface area contributed by atoms with Gasteiger partial charge in [0.05, 0.1) is 5.69 Å². The first-order valence-electron chi connectivity index (χ1n) is 8.95. The highest BCUT2D eigenvalue weighted by molar-refractivity contribution is 14.0. The Hall–Kier alpha value is -2.10. The van der Waals surface area contributed by atoms with Gasteiger partial charge in [-0.05, 0) is 24.1 Å². The van der Waals surface area contributed by atoms with Crippen LogP contribution in [0.3, 0.4) is 0 Å². The Labute approximate surface area is 181 Å². The van der Waals surface area contributed by atoms with Gasteiger partial charge in [0.2, 0.25) is 0 Å². The molecule has 1 aliphatic rings. The van der Waals surface area contributed by atoms with Crippen LogP contribution in [0.5, 0.6) is 5.75 Å². The van der Waals surface area contributed by atoms with E-state index in [-0.39, 0.29) is 35.8 Å². The van der Waals surface area contributed by atoms with E-state index in [0.29, 0.717) is 18.8 Å². The maximum Gasteiger partial charge on any atom is 0.387 e. The van der Waals surface area contributed by atoms with Crippen molar-refractivity contribution in [3.8, 4) is 5.75 Å². The molecule has 0 amide bonds. The molecule has 0 saturated carbocycles. The summed E-state index contributed by atoms with van der Waals surface area (Å²) in [5.74, 6) is 0.933. The molecule has 8 heteroatoms. The van der Waals surface area contributed by atoms with E-state index >= 15 is 0 Å². The molecule has 2 aromatic carbocycles. The summed E-state index contributed by atoms with van der Waals surface area (Å²) in [4.78, 5) is 6.33. The molecule has 28 heavy (non-hydrogen) atoms. The van der Waals surface area contributed by atoms with E-state index in [1.807, 2.05) is 30.3 Å². The third-order valence-corrected chi connectivity index (χ3v) is 4.48. The Morgan fingerprint density at radius 2 is 1.89 bits per heavy atom. The summed E-state index contributed by atoms with van der Waals surface area (Å²) in [5.41, 5.74) is 1.86. The molecule has 1 atom stereocenters. The van der Waals surface area contributed by atoms with Crippen molar-refractivity contribution in [2.75, 3.05) is 25.0 Å². The number of aliphatic imine (C=N–C) groups is 1. The van der Waals surface area contributed by atoms with Gasteiger partial charge in [-0.1, -0.05) is 42.5 Å². The van der Waals surface area contributed by atoms with Crippen molar-refractivity contribution >= 4 is 35.6 Å². The molecule has 5 nitrogen and oxygen atoms in total. The molecule has 1 aliphatic heterocycles. The van der Waals surface area contributed by atoms with Crippen LogP contribution in [-0.2, 0) is 6.54 Å². The normalized spacial score (nSPS) is 16.6. The number of guanidine groups is 1. The smallest absolute Gasteiger partial charge is 0.387 e. The Morgan fingerprint density at radius 1 is 1.18 bits per heavy atom. The van der Waals surface area contributed by atoms with E-state index < -0.39 is 6.61 Å². The first kappa shape index (κ1) is 22.2. The largest absolute Gasteiger partial charge is 0.433 e. The van der Waals surface area contributed by atoms with Crippen LogP contribution in [0.25, 0.3) is 0 Å². The van der Waals surface area contributed by atoms with Gasteiger partial charge in [0.1, 0.15) is 5.75 Å². The second-order valence-corrected chi connectivity index (χ2v) is 6.33. The minimum Gasteiger partial charge on any atom is -0.433 e. The van der Waals surface area contributed by atoms with E-state index in [2.05, 4.69) is 37.4 Å². The predicted octanol–water partition coefficient (Wildman–Crippen LogP) is 3.85. The Morgan fingerprint density at radius 3 is 2.61 bits per heavy atom. The fourth-order valence-electron chi connectivity index (χ4n) is 3.18. The molecule has 2 N–H and O–H groups in total. The van der Waals surface area contributed by atoms with Crippen LogP contribution in [0, 0.1) is 0 Å². The third-order valence-electron chi connectivity index (χ3n) is 4.48. The van der Waals surface area contributed by atoms with Gasteiger partial charge < -0.3 is 20.3 Å². The van der Waals surface area contributed by atoms with E-state index in [4.69, 9.17) is 0 Å². The lowest BCUT2D eigenvalue weighted by atomic mass is 10.2. The van der Waals surface area contributed by atoms with Gasteiger partial charge in [-0.2, -0.15) is 8.78 Å². The SMILES string of the molecule is CN=C(NCc1ccccc1)NC1CCN(c2ccccc2OC(F)F)C1.I. The van der Waals surface area contributed by atoms with Crippen LogP contribution < -0.4 is 20.3 Å². The molecule has 1 fully saturated rings. The fraction of sp³-hybridized carbons (Fsp3) is 0.350. The zero-order valence-electron chi connectivity index (χ0n) is 15.6. The quantitative estimate of drug-likeness (QED) is 0.358. The van der Waals surface area contributed by atoms with Gasteiger partial charge in [-0.25, -0.2) is 0 Å². The van der Waals surface area contributed by atoms with Gasteiger partial charge in [-0.3, -0.25) is 4.99 Å². The van der Waals surface area contributed by atoms with E-state index in [1.54, 1.807) is 19.2 Å². The lowest BCUT2D eigenvalue weighted by Gasteiger charge is -2.22. The highest BCUT2D eigenvalue weighted by Crippen LogP contribution is 2.31. The van der Waals surface area contributed by atoms with Crippen LogP contribution in [0.2, 0.25) is 0 Å². The molecule has 0 spiro atoms. The van der Waals surface area contributed by atoms with Gasteiger partial charge in [-0.15, -0.1) is 24.0 Å². The molecular weight excluding hydrogens is 477 g/mol. The summed E-state index contributed by atoms with van der Waals surface area (Å²) in [5, 5.41) is 6.71. The molecule has 0 aromatic heterocycles. The zero-order chi connectivity index (χ0) is 19.1. The summed E-state index contributed by atoms with van der Waals surface area (Å²) in [7, 11) is 1.73. The first-order chi connectivity index (χ1) is 13.2. The second kappa shape index (κ2) is 11.0. The number of anilines is 1. The minimum absolute atomic E-state index is 0. The van der Waals surface area contributed by atoms with Crippen molar-refractivity contribution in [1.82, 2.24) is 10.6 Å². The van der Waals surface area contributed by atoms with Gasteiger partial charge in [0.15, 0.2) is 5.96 Å². The van der Waals surface area contributed by atoms with Crippen molar-refractivity contribution < 1.29 is 13.5 Å². The van der Waals surface area contributed by atoms with Gasteiger partial charge >= 0.3 is 6.61 Å². The molecule has 0 aliphatic carbocycles. The standard InChI is InChI=1S/C20H24F2N4O.HI/c1-23-20(24-13-15-7-3-2-4-8-15)25-16-11-12-26(14-16)17-9-5-6-10-18(17)27-19(21)22;/h2-10,16,19H,11-14H2,1H3,(H2,23,24,25);1H. The molecule has 1 unspecified atom stereocenters. The highest BCUT2D eigenvalue weighted by atomic mass is 127. The summed E-state index contributed by atoms with van der Waals surface area (Å²) in [6.45, 7) is -0.696. The van der Waals surface area contributed by atoms with Crippen LogP contribution >= 0.6 is 24.0 Å². The number of nitrogens with zero attached hydrogens (tertiary/aromatic N) is 2. The molecular formula is C20H25F2IN4O. The van der Waals surface area contributed by atoms with Crippen molar-refractivity contribution in [2.24, 2.45) is 4.99 Å². The van der Waals surface area contributed by atoms with Crippen molar-refractivity contribution in [1.29, 1.82) is 0 Å². The number of nitrogens with one attached hydrogen (secondary N) is 2. The third kappa shape index (κ3) is 6.22. The molecule has 0 radical (unpaired) electrons.